The molecule has 0 saturated heterocycles. The largest absolute Gasteiger partial charge is 0.497 e. The van der Waals surface area contributed by atoms with Gasteiger partial charge in [0.25, 0.3) is 0 Å². The highest BCUT2D eigenvalue weighted by molar-refractivity contribution is 6.12. The summed E-state index contributed by atoms with van der Waals surface area (Å²) in [6.45, 7) is 21.5. The zero-order chi connectivity index (χ0) is 86.5. The van der Waals surface area contributed by atoms with E-state index in [1.165, 1.54) is 122 Å². The maximum atomic E-state index is 5.91. The third kappa shape index (κ3) is 11.7. The SMILES string of the molecule is COc1ccc(N(C2=CC3(C)c4cc(N(c5ccc(OC)cc5)c5ccc6c(c5)C(C)(C)c5ccccc5-6)ccc4N(C4CCC4n4c5ccc(N(c6ccc(OC)cc6)c6ccc7c(c6)C(C)(C)c6ccccc6-7)cc5c5cc(N(c6ccc(OC)cc6)c6ccc7c(c6)C(C)(C)c6ccccc6-7)ccc54)C3C=C2)c2ccc3c(c2)C(C)(C)c2ccccc2-3)cc1. The molecule has 1 fully saturated rings. The second-order valence-corrected chi connectivity index (χ2v) is 38.0. The van der Waals surface area contributed by atoms with Gasteiger partial charge in [-0.2, -0.15) is 0 Å². The van der Waals surface area contributed by atoms with Gasteiger partial charge in [0.05, 0.1) is 46.6 Å². The number of fused-ring (bicyclic) bond motifs is 18. The maximum Gasteiger partial charge on any atom is 0.119 e. The van der Waals surface area contributed by atoms with Crippen molar-refractivity contribution in [2.75, 3.05) is 52.9 Å². The number of methoxy groups -OCH3 is 4. The molecule has 4 atom stereocenters. The third-order valence-corrected chi connectivity index (χ3v) is 30.0. The fourth-order valence-corrected chi connectivity index (χ4v) is 23.2. The zero-order valence-corrected chi connectivity index (χ0v) is 74.3. The Hall–Kier alpha value is -14.2. The van der Waals surface area contributed by atoms with E-state index < -0.39 is 5.41 Å². The number of aromatic nitrogens is 1. The molecule has 2 heterocycles. The van der Waals surface area contributed by atoms with Crippen LogP contribution in [0.3, 0.4) is 0 Å². The average Bonchev–Trinajstić information content (AvgIpc) is 1.54. The second-order valence-electron chi connectivity index (χ2n) is 38.0. The van der Waals surface area contributed by atoms with Crippen LogP contribution in [0.4, 0.5) is 68.2 Å². The normalized spacial score (nSPS) is 18.3. The molecule has 624 valence electrons. The van der Waals surface area contributed by atoms with Crippen LogP contribution in [-0.4, -0.2) is 45.1 Å². The fraction of sp³-hybridized carbons (Fsp3) is 0.197. The van der Waals surface area contributed by atoms with Crippen molar-refractivity contribution < 1.29 is 18.9 Å². The summed E-state index contributed by atoms with van der Waals surface area (Å²) in [6.07, 6.45) is 9.55. The maximum absolute atomic E-state index is 5.91. The van der Waals surface area contributed by atoms with Gasteiger partial charge in [-0.05, 0) is 327 Å². The lowest BCUT2D eigenvalue weighted by atomic mass is 9.74. The molecule has 7 aliphatic rings. The number of ether oxygens (including phenoxy) is 4. The minimum absolute atomic E-state index is 0.0336. The molecule has 0 N–H and O–H groups in total. The minimum atomic E-state index is -0.606. The quantitative estimate of drug-likeness (QED) is 0.0836. The minimum Gasteiger partial charge on any atom is -0.497 e. The first-order chi connectivity index (χ1) is 61.6. The van der Waals surface area contributed by atoms with Crippen LogP contribution in [0.1, 0.15) is 131 Å². The van der Waals surface area contributed by atoms with Gasteiger partial charge in [0.15, 0.2) is 0 Å². The van der Waals surface area contributed by atoms with E-state index in [0.29, 0.717) is 0 Å². The predicted molar refractivity (Wildman–Crippen MR) is 524 cm³/mol. The topological polar surface area (TPSA) is 58.0 Å². The Balaban J connectivity index is 0.721. The summed E-state index contributed by atoms with van der Waals surface area (Å²) >= 11 is 0. The molecule has 1 saturated carbocycles. The van der Waals surface area contributed by atoms with E-state index >= 15 is 0 Å². The highest BCUT2D eigenvalue weighted by Gasteiger charge is 2.54. The van der Waals surface area contributed by atoms with Crippen LogP contribution >= 0.6 is 0 Å². The lowest BCUT2D eigenvalue weighted by Crippen LogP contribution is -2.54. The fourth-order valence-electron chi connectivity index (χ4n) is 23.2. The van der Waals surface area contributed by atoms with Gasteiger partial charge in [-0.25, -0.2) is 0 Å². The summed E-state index contributed by atoms with van der Waals surface area (Å²) in [6, 6.07) is 121. The Morgan fingerprint density at radius 2 is 0.543 bits per heavy atom. The van der Waals surface area contributed by atoms with Gasteiger partial charge < -0.3 is 48.0 Å². The van der Waals surface area contributed by atoms with Gasteiger partial charge in [-0.1, -0.05) is 183 Å². The number of allylic oxidation sites excluding steroid dienone is 1. The van der Waals surface area contributed by atoms with Gasteiger partial charge in [-0.3, -0.25) is 0 Å². The highest BCUT2D eigenvalue weighted by Crippen LogP contribution is 2.61. The van der Waals surface area contributed by atoms with Gasteiger partial charge in [0.2, 0.25) is 0 Å². The molecule has 0 bridgehead atoms. The van der Waals surface area contributed by atoms with Gasteiger partial charge in [0, 0.05) is 123 Å². The summed E-state index contributed by atoms with van der Waals surface area (Å²) in [5.74, 6) is 3.22. The van der Waals surface area contributed by atoms with E-state index in [-0.39, 0.29) is 39.8 Å². The molecule has 6 aliphatic carbocycles. The Bertz CT molecular complexity index is 7060. The van der Waals surface area contributed by atoms with Crippen LogP contribution in [0, 0.1) is 0 Å². The Labute approximate surface area is 745 Å². The summed E-state index contributed by atoms with van der Waals surface area (Å²) in [5, 5.41) is 2.34. The summed E-state index contributed by atoms with van der Waals surface area (Å²) < 4.78 is 26.3. The Morgan fingerprint density at radius 1 is 0.268 bits per heavy atom. The standard InChI is InChI=1S/C117H102N6O4/c1-113(2)98-26-18-14-22-88(98)92-54-38-78(66-102(92)113)118(72-30-46-84(124-10)47-31-72)76-42-58-107-96(64-76)97-65-77(119(73-32-48-85(125-11)49-33-73)79-39-55-93-89-23-15-19-27-99(89)114(3,4)103(93)67-79)43-59-108(97)122(107)110-61-62-111(110)123-109-60-44-82(120(74-34-50-86(126-12)51-35-74)80-40-56-94-90-24-16-20-28-100(90)115(5,6)104(94)68-80)70-106(109)117(9)71-83(45-63-112(117)123)121(75-36-52-87(127-13)53-37-75)81-41-57-95-91-25-17-21-29-101(91)116(7,8)105(95)69-81/h14-60,63-71,110-112H,61-62H2,1-13H3. The molecule has 4 unspecified atom stereocenters. The number of benzene rings is 15. The van der Waals surface area contributed by atoms with Crippen molar-refractivity contribution in [3.05, 3.63) is 396 Å². The molecule has 0 amide bonds. The van der Waals surface area contributed by atoms with Crippen molar-refractivity contribution in [3.63, 3.8) is 0 Å². The third-order valence-electron chi connectivity index (χ3n) is 30.0. The van der Waals surface area contributed by atoms with Crippen LogP contribution in [0.25, 0.3) is 66.3 Å². The van der Waals surface area contributed by atoms with Crippen molar-refractivity contribution in [2.24, 2.45) is 0 Å². The van der Waals surface area contributed by atoms with E-state index in [1.807, 2.05) is 0 Å². The number of hydrogen-bond acceptors (Lipinski definition) is 9. The average molecular weight is 1660 g/mol. The summed E-state index contributed by atoms with van der Waals surface area (Å²) in [5.41, 5.74) is 37.1. The van der Waals surface area contributed by atoms with Crippen molar-refractivity contribution in [1.29, 1.82) is 0 Å². The van der Waals surface area contributed by atoms with Crippen LogP contribution in [0.2, 0.25) is 0 Å². The van der Waals surface area contributed by atoms with Crippen molar-refractivity contribution in [2.45, 2.75) is 120 Å². The van der Waals surface area contributed by atoms with E-state index in [0.717, 1.165) is 104 Å². The van der Waals surface area contributed by atoms with E-state index in [9.17, 15) is 0 Å². The van der Waals surface area contributed by atoms with Crippen molar-refractivity contribution in [3.8, 4) is 67.5 Å². The number of rotatable bonds is 18. The first-order valence-corrected chi connectivity index (χ1v) is 44.8. The molecule has 0 spiro atoms. The summed E-state index contributed by atoms with van der Waals surface area (Å²) in [4.78, 5) is 12.7. The van der Waals surface area contributed by atoms with E-state index in [2.05, 4.69) is 431 Å². The first-order valence-electron chi connectivity index (χ1n) is 44.8. The number of hydrogen-bond donors (Lipinski definition) is 0. The van der Waals surface area contributed by atoms with E-state index in [1.54, 1.807) is 28.4 Å². The molecule has 1 aromatic heterocycles. The molecule has 0 radical (unpaired) electrons. The van der Waals surface area contributed by atoms with Crippen LogP contribution < -0.4 is 43.4 Å². The zero-order valence-electron chi connectivity index (χ0n) is 74.3. The molecule has 10 nitrogen and oxygen atoms in total. The molecule has 23 rings (SSSR count). The molecule has 16 aromatic rings. The van der Waals surface area contributed by atoms with Crippen LogP contribution in [-0.2, 0) is 27.1 Å². The molecular formula is C117H102N6O4. The number of nitrogens with zero attached hydrogens (tertiary/aromatic N) is 6. The molecule has 1 aliphatic heterocycles. The van der Waals surface area contributed by atoms with Gasteiger partial charge >= 0.3 is 0 Å². The van der Waals surface area contributed by atoms with Crippen molar-refractivity contribution in [1.82, 2.24) is 4.57 Å². The predicted octanol–water partition coefficient (Wildman–Crippen LogP) is 29.6. The highest BCUT2D eigenvalue weighted by atomic mass is 16.5. The second kappa shape index (κ2) is 28.7. The van der Waals surface area contributed by atoms with Crippen molar-refractivity contribution >= 4 is 90.1 Å². The van der Waals surface area contributed by atoms with Gasteiger partial charge in [0.1, 0.15) is 23.0 Å². The monoisotopic (exact) mass is 1650 g/mol. The van der Waals surface area contributed by atoms with Gasteiger partial charge in [-0.15, -0.1) is 0 Å². The molecule has 127 heavy (non-hydrogen) atoms. The lowest BCUT2D eigenvalue weighted by Gasteiger charge is -2.49. The Kier molecular flexibility index (Phi) is 17.5. The van der Waals surface area contributed by atoms with Crippen LogP contribution in [0.5, 0.6) is 23.0 Å². The Morgan fingerprint density at radius 3 is 0.874 bits per heavy atom. The smallest absolute Gasteiger partial charge is 0.119 e. The molecule has 15 aromatic carbocycles. The summed E-state index contributed by atoms with van der Waals surface area (Å²) in [7, 11) is 6.99. The molecule has 10 heteroatoms. The van der Waals surface area contributed by atoms with Crippen LogP contribution in [0.15, 0.2) is 345 Å². The molecular weight excluding hydrogens is 1550 g/mol. The first kappa shape index (κ1) is 77.6. The van der Waals surface area contributed by atoms with E-state index in [4.69, 9.17) is 18.9 Å². The number of anilines is 12. The lowest BCUT2D eigenvalue weighted by molar-refractivity contribution is 0.243.